The number of anilines is 1. The minimum Gasteiger partial charge on any atom is -0.481 e. The fraction of sp³-hybridized carbons (Fsp3) is 0.481. The normalized spacial score (nSPS) is 15.8. The second-order valence-corrected chi connectivity index (χ2v) is 9.51. The molecule has 2 aliphatic heterocycles. The number of piperidine rings is 1. The third-order valence-corrected chi connectivity index (χ3v) is 6.70. The zero-order chi connectivity index (χ0) is 25.0. The standard InChI is InChI=1S/C23H30ClN3.C4H6O4/c24-22-9-8-20-10-12-25-13-11-21(20)23(22)26-16-18-4-6-19(7-5-18)17-27-14-2-1-3-15-27;5-3(6)1-2-4(7)8/h4-9,25-26H,1-3,10-17H2;1-2H2,(H,5,6)(H,7,8). The number of halogens is 1. The van der Waals surface area contributed by atoms with Crippen LogP contribution in [0, 0.1) is 0 Å². The largest absolute Gasteiger partial charge is 0.481 e. The van der Waals surface area contributed by atoms with Gasteiger partial charge >= 0.3 is 11.9 Å². The molecular weight excluding hydrogens is 466 g/mol. The fourth-order valence-corrected chi connectivity index (χ4v) is 4.72. The van der Waals surface area contributed by atoms with Crippen molar-refractivity contribution < 1.29 is 19.8 Å². The Balaban J connectivity index is 0.000000371. The van der Waals surface area contributed by atoms with Crippen LogP contribution < -0.4 is 10.6 Å². The summed E-state index contributed by atoms with van der Waals surface area (Å²) in [7, 11) is 0. The first kappa shape index (κ1) is 27.0. The predicted octanol–water partition coefficient (Wildman–Crippen LogP) is 4.56. The Hall–Kier alpha value is -2.61. The number of likely N-dealkylation sites (tertiary alicyclic amines) is 1. The number of hydrogen-bond acceptors (Lipinski definition) is 5. The number of benzene rings is 2. The number of hydrogen-bond donors (Lipinski definition) is 4. The lowest BCUT2D eigenvalue weighted by molar-refractivity contribution is -0.143. The SMILES string of the molecule is Clc1ccc2c(c1NCc1ccc(CN3CCCCC3)cc1)CCNCC2.O=C(O)CCC(=O)O. The Morgan fingerprint density at radius 1 is 0.886 bits per heavy atom. The first-order chi connectivity index (χ1) is 16.9. The van der Waals surface area contributed by atoms with E-state index in [2.05, 4.69) is 45.9 Å². The van der Waals surface area contributed by atoms with Crippen LogP contribution in [-0.2, 0) is 35.5 Å². The van der Waals surface area contributed by atoms with Crippen molar-refractivity contribution in [2.45, 2.75) is 58.0 Å². The van der Waals surface area contributed by atoms with Crippen LogP contribution in [0.3, 0.4) is 0 Å². The Bertz CT molecular complexity index is 961. The Morgan fingerprint density at radius 3 is 2.17 bits per heavy atom. The molecule has 4 N–H and O–H groups in total. The number of fused-ring (bicyclic) bond motifs is 1. The van der Waals surface area contributed by atoms with Crippen molar-refractivity contribution in [2.24, 2.45) is 0 Å². The molecule has 0 aromatic heterocycles. The number of rotatable bonds is 8. The van der Waals surface area contributed by atoms with Gasteiger partial charge < -0.3 is 20.8 Å². The molecule has 2 aliphatic rings. The van der Waals surface area contributed by atoms with Crippen molar-refractivity contribution in [3.63, 3.8) is 0 Å². The summed E-state index contributed by atoms with van der Waals surface area (Å²) in [5.41, 5.74) is 6.64. The number of carboxylic acid groups (broad SMARTS) is 2. The predicted molar refractivity (Wildman–Crippen MR) is 139 cm³/mol. The molecule has 0 aliphatic carbocycles. The van der Waals surface area contributed by atoms with Gasteiger partial charge in [0.1, 0.15) is 0 Å². The summed E-state index contributed by atoms with van der Waals surface area (Å²) in [6, 6.07) is 13.3. The summed E-state index contributed by atoms with van der Waals surface area (Å²) in [4.78, 5) is 21.9. The van der Waals surface area contributed by atoms with Gasteiger partial charge in [0.25, 0.3) is 0 Å². The molecular formula is C27H36ClN3O4. The highest BCUT2D eigenvalue weighted by atomic mass is 35.5. The smallest absolute Gasteiger partial charge is 0.303 e. The van der Waals surface area contributed by atoms with Crippen molar-refractivity contribution in [1.82, 2.24) is 10.2 Å². The van der Waals surface area contributed by atoms with Crippen LogP contribution in [0.1, 0.15) is 54.4 Å². The lowest BCUT2D eigenvalue weighted by atomic mass is 10.0. The summed E-state index contributed by atoms with van der Waals surface area (Å²) >= 11 is 6.53. The van der Waals surface area contributed by atoms with E-state index in [1.54, 1.807) is 0 Å². The van der Waals surface area contributed by atoms with E-state index in [1.165, 1.54) is 54.6 Å². The molecule has 0 spiro atoms. The van der Waals surface area contributed by atoms with Gasteiger partial charge in [-0.25, -0.2) is 0 Å². The van der Waals surface area contributed by atoms with Crippen LogP contribution in [0.2, 0.25) is 5.02 Å². The second kappa shape index (κ2) is 14.1. The van der Waals surface area contributed by atoms with Crippen molar-refractivity contribution in [3.8, 4) is 0 Å². The molecule has 1 saturated heterocycles. The van der Waals surface area contributed by atoms with E-state index < -0.39 is 11.9 Å². The Labute approximate surface area is 212 Å². The second-order valence-electron chi connectivity index (χ2n) is 9.10. The first-order valence-corrected chi connectivity index (χ1v) is 12.8. The number of nitrogens with zero attached hydrogens (tertiary/aromatic N) is 1. The van der Waals surface area contributed by atoms with Gasteiger partial charge in [-0.3, -0.25) is 14.5 Å². The summed E-state index contributed by atoms with van der Waals surface area (Å²) in [5, 5.41) is 23.7. The fourth-order valence-electron chi connectivity index (χ4n) is 4.48. The molecule has 0 amide bonds. The summed E-state index contributed by atoms with van der Waals surface area (Å²) < 4.78 is 0. The quantitative estimate of drug-likeness (QED) is 0.420. The molecule has 7 nitrogen and oxygen atoms in total. The molecule has 0 unspecified atom stereocenters. The van der Waals surface area contributed by atoms with E-state index in [-0.39, 0.29) is 12.8 Å². The van der Waals surface area contributed by atoms with Gasteiger partial charge in [-0.15, -0.1) is 0 Å². The van der Waals surface area contributed by atoms with E-state index in [9.17, 15) is 9.59 Å². The summed E-state index contributed by atoms with van der Waals surface area (Å²) in [6.45, 7) is 6.46. The topological polar surface area (TPSA) is 102 Å². The van der Waals surface area contributed by atoms with Crippen LogP contribution in [-0.4, -0.2) is 53.2 Å². The molecule has 2 heterocycles. The van der Waals surface area contributed by atoms with Crippen LogP contribution in [0.4, 0.5) is 5.69 Å². The minimum absolute atomic E-state index is 0.296. The van der Waals surface area contributed by atoms with Crippen LogP contribution in [0.5, 0.6) is 0 Å². The lowest BCUT2D eigenvalue weighted by Crippen LogP contribution is -2.29. The van der Waals surface area contributed by atoms with Crippen LogP contribution in [0.25, 0.3) is 0 Å². The maximum absolute atomic E-state index is 9.64. The summed E-state index contributed by atoms with van der Waals surface area (Å²) in [5.74, 6) is -2.15. The molecule has 190 valence electrons. The van der Waals surface area contributed by atoms with Crippen molar-refractivity contribution in [3.05, 3.63) is 63.7 Å². The number of carbonyl (C=O) groups is 2. The third-order valence-electron chi connectivity index (χ3n) is 6.38. The lowest BCUT2D eigenvalue weighted by Gasteiger charge is -2.26. The number of aliphatic carboxylic acids is 2. The highest BCUT2D eigenvalue weighted by molar-refractivity contribution is 6.33. The van der Waals surface area contributed by atoms with Crippen molar-refractivity contribution in [2.75, 3.05) is 31.5 Å². The zero-order valence-electron chi connectivity index (χ0n) is 20.2. The highest BCUT2D eigenvalue weighted by Crippen LogP contribution is 2.31. The van der Waals surface area contributed by atoms with E-state index >= 15 is 0 Å². The van der Waals surface area contributed by atoms with Crippen molar-refractivity contribution in [1.29, 1.82) is 0 Å². The molecule has 0 bridgehead atoms. The first-order valence-electron chi connectivity index (χ1n) is 12.4. The zero-order valence-corrected chi connectivity index (χ0v) is 20.9. The highest BCUT2D eigenvalue weighted by Gasteiger charge is 2.15. The van der Waals surface area contributed by atoms with Gasteiger partial charge in [0.05, 0.1) is 23.6 Å². The van der Waals surface area contributed by atoms with Gasteiger partial charge in [-0.2, -0.15) is 0 Å². The molecule has 0 atom stereocenters. The van der Waals surface area contributed by atoms with Gasteiger partial charge in [-0.05, 0) is 80.2 Å². The van der Waals surface area contributed by atoms with E-state index in [1.807, 2.05) is 6.07 Å². The minimum atomic E-state index is -1.08. The molecule has 2 aromatic rings. The molecule has 2 aromatic carbocycles. The average molecular weight is 502 g/mol. The Kier molecular flexibility index (Phi) is 10.8. The van der Waals surface area contributed by atoms with Crippen molar-refractivity contribution >= 4 is 29.2 Å². The monoisotopic (exact) mass is 501 g/mol. The maximum Gasteiger partial charge on any atom is 0.303 e. The van der Waals surface area contributed by atoms with E-state index in [4.69, 9.17) is 21.8 Å². The van der Waals surface area contributed by atoms with Gasteiger partial charge in [0, 0.05) is 13.1 Å². The van der Waals surface area contributed by atoms with Gasteiger partial charge in [-0.1, -0.05) is 48.4 Å². The molecule has 1 fully saturated rings. The molecule has 35 heavy (non-hydrogen) atoms. The van der Waals surface area contributed by atoms with Crippen LogP contribution in [0.15, 0.2) is 36.4 Å². The number of nitrogens with one attached hydrogen (secondary N) is 2. The third kappa shape index (κ3) is 9.17. The molecule has 8 heteroatoms. The summed E-state index contributed by atoms with van der Waals surface area (Å²) in [6.07, 6.45) is 5.60. The maximum atomic E-state index is 9.64. The van der Waals surface area contributed by atoms with Crippen LogP contribution >= 0.6 is 11.6 Å². The van der Waals surface area contributed by atoms with Gasteiger partial charge in [0.2, 0.25) is 0 Å². The molecule has 4 rings (SSSR count). The van der Waals surface area contributed by atoms with E-state index in [0.29, 0.717) is 0 Å². The van der Waals surface area contributed by atoms with Gasteiger partial charge in [0.15, 0.2) is 0 Å². The number of carboxylic acids is 2. The van der Waals surface area contributed by atoms with E-state index in [0.717, 1.165) is 49.7 Å². The Morgan fingerprint density at radius 2 is 1.51 bits per heavy atom. The molecule has 0 saturated carbocycles. The average Bonchev–Trinajstić information content (AvgIpc) is 3.10. The molecule has 0 radical (unpaired) electrons.